The number of fused-ring (bicyclic) bond motifs is 1. The lowest BCUT2D eigenvalue weighted by Gasteiger charge is -2.08. The van der Waals surface area contributed by atoms with Crippen LogP contribution in [-0.2, 0) is 17.8 Å². The molecule has 5 heteroatoms. The molecule has 0 aliphatic rings. The smallest absolute Gasteiger partial charge is 0.131 e. The maximum atomic E-state index is 13.3. The summed E-state index contributed by atoms with van der Waals surface area (Å²) in [5.74, 6) is 0.756. The highest BCUT2D eigenvalue weighted by Crippen LogP contribution is 2.18. The minimum absolute atomic E-state index is 0.145. The second-order valence-corrected chi connectivity index (χ2v) is 4.87. The SMILES string of the molecule is CCNCCc1nc2cc(F)ccc2n1CCC(C)=O. The Labute approximate surface area is 118 Å². The minimum atomic E-state index is -0.285. The molecule has 2 rings (SSSR count). The maximum Gasteiger partial charge on any atom is 0.131 e. The zero-order chi connectivity index (χ0) is 14.5. The summed E-state index contributed by atoms with van der Waals surface area (Å²) in [5.41, 5.74) is 1.54. The third-order valence-electron chi connectivity index (χ3n) is 3.25. The molecule has 1 aromatic heterocycles. The van der Waals surface area contributed by atoms with Crippen LogP contribution >= 0.6 is 0 Å². The van der Waals surface area contributed by atoms with Gasteiger partial charge in [0.2, 0.25) is 0 Å². The number of imidazole rings is 1. The van der Waals surface area contributed by atoms with E-state index in [2.05, 4.69) is 10.3 Å². The molecule has 0 spiro atoms. The Morgan fingerprint density at radius 3 is 2.95 bits per heavy atom. The minimum Gasteiger partial charge on any atom is -0.327 e. The summed E-state index contributed by atoms with van der Waals surface area (Å²) in [6.07, 6.45) is 1.24. The van der Waals surface area contributed by atoms with Crippen LogP contribution in [0, 0.1) is 5.82 Å². The van der Waals surface area contributed by atoms with E-state index >= 15 is 0 Å². The maximum absolute atomic E-state index is 13.3. The zero-order valence-corrected chi connectivity index (χ0v) is 11.9. The monoisotopic (exact) mass is 277 g/mol. The summed E-state index contributed by atoms with van der Waals surface area (Å²) in [6, 6.07) is 4.60. The molecule has 0 radical (unpaired) electrons. The Hall–Kier alpha value is -1.75. The molecule has 0 aliphatic heterocycles. The van der Waals surface area contributed by atoms with Gasteiger partial charge in [0.15, 0.2) is 0 Å². The molecule has 0 unspecified atom stereocenters. The standard InChI is InChI=1S/C15H20FN3O/c1-3-17-8-6-15-18-13-10-12(16)4-5-14(13)19(15)9-7-11(2)20/h4-5,10,17H,3,6-9H2,1-2H3. The summed E-state index contributed by atoms with van der Waals surface area (Å²) in [6.45, 7) is 5.95. The van der Waals surface area contributed by atoms with Crippen molar-refractivity contribution in [2.24, 2.45) is 0 Å². The number of aromatic nitrogens is 2. The third-order valence-corrected chi connectivity index (χ3v) is 3.25. The fourth-order valence-electron chi connectivity index (χ4n) is 2.24. The number of Topliss-reactive ketones (excluding diaryl/α,β-unsaturated/α-hetero) is 1. The molecule has 1 N–H and O–H groups in total. The summed E-state index contributed by atoms with van der Waals surface area (Å²) < 4.78 is 15.3. The van der Waals surface area contributed by atoms with Crippen molar-refractivity contribution in [1.29, 1.82) is 0 Å². The number of hydrogen-bond donors (Lipinski definition) is 1. The molecule has 1 heterocycles. The van der Waals surface area contributed by atoms with E-state index in [9.17, 15) is 9.18 Å². The summed E-state index contributed by atoms with van der Waals surface area (Å²) in [5, 5.41) is 3.25. The van der Waals surface area contributed by atoms with Crippen LogP contribution < -0.4 is 5.32 Å². The largest absolute Gasteiger partial charge is 0.327 e. The van der Waals surface area contributed by atoms with Gasteiger partial charge in [-0.1, -0.05) is 6.92 Å². The quantitative estimate of drug-likeness (QED) is 0.790. The Morgan fingerprint density at radius 2 is 2.25 bits per heavy atom. The van der Waals surface area contributed by atoms with Crippen LogP contribution in [0.25, 0.3) is 11.0 Å². The molecule has 0 aliphatic carbocycles. The second-order valence-electron chi connectivity index (χ2n) is 4.87. The lowest BCUT2D eigenvalue weighted by molar-refractivity contribution is -0.117. The van der Waals surface area contributed by atoms with Gasteiger partial charge in [-0.2, -0.15) is 0 Å². The van der Waals surface area contributed by atoms with E-state index in [1.807, 2.05) is 11.5 Å². The highest BCUT2D eigenvalue weighted by Gasteiger charge is 2.11. The second kappa shape index (κ2) is 6.61. The van der Waals surface area contributed by atoms with Crippen molar-refractivity contribution in [1.82, 2.24) is 14.9 Å². The van der Waals surface area contributed by atoms with Crippen molar-refractivity contribution in [3.05, 3.63) is 29.8 Å². The molecule has 0 amide bonds. The number of nitrogens with zero attached hydrogens (tertiary/aromatic N) is 2. The van der Waals surface area contributed by atoms with Gasteiger partial charge in [-0.15, -0.1) is 0 Å². The van der Waals surface area contributed by atoms with Gasteiger partial charge in [0.1, 0.15) is 17.4 Å². The Balaban J connectivity index is 2.31. The normalized spacial score (nSPS) is 11.2. The number of carbonyl (C=O) groups excluding carboxylic acids is 1. The number of ketones is 1. The van der Waals surface area contributed by atoms with Crippen molar-refractivity contribution in [2.45, 2.75) is 33.2 Å². The van der Waals surface area contributed by atoms with E-state index in [0.29, 0.717) is 18.5 Å². The van der Waals surface area contributed by atoms with Gasteiger partial charge in [0.25, 0.3) is 0 Å². The van der Waals surface area contributed by atoms with Crippen LogP contribution in [0.1, 0.15) is 26.1 Å². The number of likely N-dealkylation sites (N-methyl/N-ethyl adjacent to an activating group) is 1. The number of halogens is 1. The molecule has 2 aromatic rings. The highest BCUT2D eigenvalue weighted by atomic mass is 19.1. The Bertz CT molecular complexity index is 606. The van der Waals surface area contributed by atoms with Crippen LogP contribution in [-0.4, -0.2) is 28.4 Å². The van der Waals surface area contributed by atoms with E-state index in [-0.39, 0.29) is 11.6 Å². The van der Waals surface area contributed by atoms with Crippen LogP contribution in [0.3, 0.4) is 0 Å². The van der Waals surface area contributed by atoms with E-state index < -0.39 is 0 Å². The molecule has 0 fully saturated rings. The first kappa shape index (κ1) is 14.7. The molecule has 4 nitrogen and oxygen atoms in total. The lowest BCUT2D eigenvalue weighted by atomic mass is 10.2. The van der Waals surface area contributed by atoms with Crippen LogP contribution in [0.5, 0.6) is 0 Å². The van der Waals surface area contributed by atoms with Crippen LogP contribution in [0.2, 0.25) is 0 Å². The molecule has 0 saturated heterocycles. The molecule has 0 bridgehead atoms. The number of hydrogen-bond acceptors (Lipinski definition) is 3. The molecule has 20 heavy (non-hydrogen) atoms. The molecular weight excluding hydrogens is 257 g/mol. The van der Waals surface area contributed by atoms with E-state index in [1.165, 1.54) is 12.1 Å². The highest BCUT2D eigenvalue weighted by molar-refractivity contribution is 5.77. The van der Waals surface area contributed by atoms with Gasteiger partial charge in [-0.3, -0.25) is 4.79 Å². The van der Waals surface area contributed by atoms with E-state index in [0.717, 1.165) is 30.9 Å². The van der Waals surface area contributed by atoms with Crippen molar-refractivity contribution < 1.29 is 9.18 Å². The van der Waals surface area contributed by atoms with E-state index in [1.54, 1.807) is 13.0 Å². The summed E-state index contributed by atoms with van der Waals surface area (Å²) in [4.78, 5) is 15.7. The van der Waals surface area contributed by atoms with Gasteiger partial charge in [0.05, 0.1) is 11.0 Å². The molecule has 0 saturated carbocycles. The third kappa shape index (κ3) is 3.42. The summed E-state index contributed by atoms with van der Waals surface area (Å²) in [7, 11) is 0. The van der Waals surface area contributed by atoms with Crippen molar-refractivity contribution in [2.75, 3.05) is 13.1 Å². The van der Waals surface area contributed by atoms with Gasteiger partial charge >= 0.3 is 0 Å². The number of rotatable bonds is 7. The fourth-order valence-corrected chi connectivity index (χ4v) is 2.24. The predicted molar refractivity (Wildman–Crippen MR) is 77.2 cm³/mol. The summed E-state index contributed by atoms with van der Waals surface area (Å²) >= 11 is 0. The Morgan fingerprint density at radius 1 is 1.45 bits per heavy atom. The van der Waals surface area contributed by atoms with Crippen LogP contribution in [0.4, 0.5) is 4.39 Å². The lowest BCUT2D eigenvalue weighted by Crippen LogP contribution is -2.18. The average molecular weight is 277 g/mol. The van der Waals surface area contributed by atoms with Crippen molar-refractivity contribution in [3.63, 3.8) is 0 Å². The van der Waals surface area contributed by atoms with Crippen molar-refractivity contribution in [3.8, 4) is 0 Å². The van der Waals surface area contributed by atoms with Gasteiger partial charge in [0, 0.05) is 32.0 Å². The number of nitrogens with one attached hydrogen (secondary N) is 1. The average Bonchev–Trinajstić information content (AvgIpc) is 2.73. The first-order valence-corrected chi connectivity index (χ1v) is 6.96. The topological polar surface area (TPSA) is 46.9 Å². The van der Waals surface area contributed by atoms with Gasteiger partial charge in [-0.05, 0) is 25.6 Å². The van der Waals surface area contributed by atoms with Crippen molar-refractivity contribution >= 4 is 16.8 Å². The fraction of sp³-hybridized carbons (Fsp3) is 0.467. The van der Waals surface area contributed by atoms with E-state index in [4.69, 9.17) is 0 Å². The molecule has 0 atom stereocenters. The number of aryl methyl sites for hydroxylation is 1. The molecule has 1 aromatic carbocycles. The zero-order valence-electron chi connectivity index (χ0n) is 11.9. The molecular formula is C15H20FN3O. The van der Waals surface area contributed by atoms with Crippen LogP contribution in [0.15, 0.2) is 18.2 Å². The number of carbonyl (C=O) groups is 1. The first-order chi connectivity index (χ1) is 9.61. The first-order valence-electron chi connectivity index (χ1n) is 6.96. The predicted octanol–water partition coefficient (Wildman–Crippen LogP) is 2.31. The Kier molecular flexibility index (Phi) is 4.84. The van der Waals surface area contributed by atoms with Gasteiger partial charge in [-0.25, -0.2) is 9.37 Å². The molecule has 108 valence electrons. The number of benzene rings is 1. The van der Waals surface area contributed by atoms with Gasteiger partial charge < -0.3 is 9.88 Å².